The van der Waals surface area contributed by atoms with Crippen LogP contribution in [-0.2, 0) is 16.2 Å². The first-order valence-corrected chi connectivity index (χ1v) is 14.8. The van der Waals surface area contributed by atoms with Crippen LogP contribution in [0.25, 0.3) is 0 Å². The Bertz CT molecular complexity index is 1750. The molecule has 0 saturated heterocycles. The number of hydrogen-bond donors (Lipinski definition) is 2. The molecule has 3 aromatic carbocycles. The third-order valence-corrected chi connectivity index (χ3v) is 8.86. The number of rotatable bonds is 8. The van der Waals surface area contributed by atoms with E-state index in [0.29, 0.717) is 15.3 Å². The second-order valence-corrected chi connectivity index (χ2v) is 12.5. The number of nitrogens with one attached hydrogen (secondary N) is 2. The molecule has 7 nitrogen and oxygen atoms in total. The van der Waals surface area contributed by atoms with Crippen molar-refractivity contribution in [2.75, 3.05) is 0 Å². The lowest BCUT2D eigenvalue weighted by Gasteiger charge is -2.16. The van der Waals surface area contributed by atoms with E-state index in [1.807, 2.05) is 4.72 Å². The Labute approximate surface area is 244 Å². The highest BCUT2D eigenvalue weighted by Crippen LogP contribution is 2.32. The number of sulfonamides is 1. The lowest BCUT2D eigenvalue weighted by atomic mass is 9.97. The van der Waals surface area contributed by atoms with Crippen LogP contribution in [0, 0.1) is 13.8 Å². The van der Waals surface area contributed by atoms with Crippen molar-refractivity contribution in [2.24, 2.45) is 0 Å². The fraction of sp³-hybridized carbons (Fsp3) is 0.167. The second kappa shape index (κ2) is 11.9. The van der Waals surface area contributed by atoms with Gasteiger partial charge >= 0.3 is 6.18 Å². The molecule has 2 N–H and O–H groups in total. The van der Waals surface area contributed by atoms with Crippen molar-refractivity contribution in [3.63, 3.8) is 0 Å². The number of hydrogen-bond acceptors (Lipinski definition) is 6. The van der Waals surface area contributed by atoms with Crippen LogP contribution >= 0.6 is 11.3 Å². The number of halogens is 3. The number of alkyl halides is 3. The fourth-order valence-corrected chi connectivity index (χ4v) is 6.35. The zero-order valence-corrected chi connectivity index (χ0v) is 24.2. The van der Waals surface area contributed by atoms with Crippen molar-refractivity contribution in [3.05, 3.63) is 122 Å². The standard InChI is InChI=1S/C30H25F3N2O5S2/c1-17(20-9-11-22(12-10-20)28(37)35-42(39,40)24-7-5-4-6-8-24)34-29(38)26-19(3)41-18(2)25(26)27(36)21-13-15-23(16-14-21)30(31,32)33/h4-17H,1-3H3,(H,34,38)(H,35,37)/t17-/m0/s1. The van der Waals surface area contributed by atoms with Gasteiger partial charge in [0.1, 0.15) is 0 Å². The molecule has 0 bridgehead atoms. The predicted octanol–water partition coefficient (Wildman–Crippen LogP) is 6.22. The number of carbonyl (C=O) groups excluding carboxylic acids is 3. The summed E-state index contributed by atoms with van der Waals surface area (Å²) < 4.78 is 65.8. The van der Waals surface area contributed by atoms with Crippen LogP contribution in [0.5, 0.6) is 0 Å². The van der Waals surface area contributed by atoms with E-state index >= 15 is 0 Å². The Kier molecular flexibility index (Phi) is 8.69. The average molecular weight is 615 g/mol. The third-order valence-electron chi connectivity index (χ3n) is 6.49. The van der Waals surface area contributed by atoms with E-state index < -0.39 is 45.4 Å². The first-order valence-electron chi connectivity index (χ1n) is 12.5. The Morgan fingerprint density at radius 2 is 1.31 bits per heavy atom. The summed E-state index contributed by atoms with van der Waals surface area (Å²) in [5.74, 6) is -1.93. The van der Waals surface area contributed by atoms with Crippen LogP contribution < -0.4 is 10.0 Å². The van der Waals surface area contributed by atoms with E-state index in [0.717, 1.165) is 24.3 Å². The number of aryl methyl sites for hydroxylation is 2. The smallest absolute Gasteiger partial charge is 0.345 e. The van der Waals surface area contributed by atoms with Gasteiger partial charge in [-0.05, 0) is 62.7 Å². The van der Waals surface area contributed by atoms with Crippen LogP contribution in [0.4, 0.5) is 13.2 Å². The Morgan fingerprint density at radius 1 is 0.762 bits per heavy atom. The lowest BCUT2D eigenvalue weighted by Crippen LogP contribution is -2.30. The summed E-state index contributed by atoms with van der Waals surface area (Å²) >= 11 is 1.23. The molecule has 0 aliphatic heterocycles. The molecule has 0 aliphatic rings. The normalized spacial score (nSPS) is 12.4. The molecular weight excluding hydrogens is 589 g/mol. The molecule has 42 heavy (non-hydrogen) atoms. The first-order chi connectivity index (χ1) is 19.7. The third kappa shape index (κ3) is 6.60. The summed E-state index contributed by atoms with van der Waals surface area (Å²) in [7, 11) is -4.06. The maximum atomic E-state index is 13.3. The molecule has 0 unspecified atom stereocenters. The van der Waals surface area contributed by atoms with Gasteiger partial charge < -0.3 is 5.32 Å². The molecule has 12 heteroatoms. The van der Waals surface area contributed by atoms with Crippen LogP contribution in [0.2, 0.25) is 0 Å². The van der Waals surface area contributed by atoms with Crippen molar-refractivity contribution >= 4 is 39.0 Å². The molecular formula is C30H25F3N2O5S2. The number of benzene rings is 3. The number of thiophene rings is 1. The van der Waals surface area contributed by atoms with Crippen molar-refractivity contribution in [1.29, 1.82) is 0 Å². The number of amides is 2. The molecule has 1 heterocycles. The maximum absolute atomic E-state index is 13.3. The molecule has 1 aromatic heterocycles. The van der Waals surface area contributed by atoms with Crippen molar-refractivity contribution < 1.29 is 36.0 Å². The van der Waals surface area contributed by atoms with Crippen molar-refractivity contribution in [2.45, 2.75) is 37.9 Å². The van der Waals surface area contributed by atoms with E-state index in [4.69, 9.17) is 0 Å². The maximum Gasteiger partial charge on any atom is 0.416 e. The highest BCUT2D eigenvalue weighted by molar-refractivity contribution is 7.90. The largest absolute Gasteiger partial charge is 0.416 e. The average Bonchev–Trinajstić information content (AvgIpc) is 3.25. The summed E-state index contributed by atoms with van der Waals surface area (Å²) in [6.07, 6.45) is -4.54. The number of carbonyl (C=O) groups is 3. The minimum Gasteiger partial charge on any atom is -0.345 e. The van der Waals surface area contributed by atoms with Gasteiger partial charge in [-0.25, -0.2) is 13.1 Å². The fourth-order valence-electron chi connectivity index (χ4n) is 4.30. The molecule has 0 saturated carbocycles. The van der Waals surface area contributed by atoms with Gasteiger partial charge in [-0.15, -0.1) is 11.3 Å². The van der Waals surface area contributed by atoms with Crippen LogP contribution in [0.3, 0.4) is 0 Å². The quantitative estimate of drug-likeness (QED) is 0.229. The Morgan fingerprint density at radius 3 is 1.88 bits per heavy atom. The van der Waals surface area contributed by atoms with Crippen LogP contribution in [0.1, 0.15) is 70.5 Å². The Balaban J connectivity index is 1.49. The van der Waals surface area contributed by atoms with Crippen LogP contribution in [0.15, 0.2) is 83.8 Å². The molecule has 4 rings (SSSR count). The van der Waals surface area contributed by atoms with E-state index in [9.17, 15) is 36.0 Å². The summed E-state index contributed by atoms with van der Waals surface area (Å²) in [6, 6.07) is 16.7. The van der Waals surface area contributed by atoms with Gasteiger partial charge in [0, 0.05) is 26.4 Å². The Hall–Kier alpha value is -4.29. The highest BCUT2D eigenvalue weighted by Gasteiger charge is 2.31. The molecule has 0 fully saturated rings. The van der Waals surface area contributed by atoms with Crippen molar-refractivity contribution in [3.8, 4) is 0 Å². The minimum absolute atomic E-state index is 0.0224. The lowest BCUT2D eigenvalue weighted by molar-refractivity contribution is -0.137. The molecule has 0 aliphatic carbocycles. The van der Waals surface area contributed by atoms with Gasteiger partial charge in [0.2, 0.25) is 0 Å². The molecule has 0 spiro atoms. The molecule has 4 aromatic rings. The van der Waals surface area contributed by atoms with Crippen LogP contribution in [-0.4, -0.2) is 26.0 Å². The van der Waals surface area contributed by atoms with Gasteiger partial charge in [-0.3, -0.25) is 14.4 Å². The zero-order valence-electron chi connectivity index (χ0n) is 22.6. The van der Waals surface area contributed by atoms with Gasteiger partial charge in [0.15, 0.2) is 5.78 Å². The monoisotopic (exact) mass is 614 g/mol. The molecule has 218 valence electrons. The van der Waals surface area contributed by atoms with Gasteiger partial charge in [-0.1, -0.05) is 42.5 Å². The number of ketones is 1. The van der Waals surface area contributed by atoms with Crippen molar-refractivity contribution in [1.82, 2.24) is 10.0 Å². The minimum atomic E-state index is -4.54. The second-order valence-electron chi connectivity index (χ2n) is 9.43. The molecule has 0 radical (unpaired) electrons. The highest BCUT2D eigenvalue weighted by atomic mass is 32.2. The van der Waals surface area contributed by atoms with Gasteiger partial charge in [0.25, 0.3) is 21.8 Å². The van der Waals surface area contributed by atoms with E-state index in [-0.39, 0.29) is 27.1 Å². The summed E-state index contributed by atoms with van der Waals surface area (Å²) in [4.78, 5) is 40.2. The van der Waals surface area contributed by atoms with Gasteiger partial charge in [0.05, 0.1) is 22.1 Å². The van der Waals surface area contributed by atoms with Gasteiger partial charge in [-0.2, -0.15) is 13.2 Å². The SMILES string of the molecule is Cc1sc(C)c(C(=O)c2ccc(C(F)(F)F)cc2)c1C(=O)N[C@@H](C)c1ccc(C(=O)NS(=O)(=O)c2ccccc2)cc1. The molecule has 1 atom stereocenters. The molecule has 2 amide bonds. The van der Waals surface area contributed by atoms with E-state index in [1.165, 1.54) is 47.7 Å². The predicted molar refractivity (Wildman–Crippen MR) is 152 cm³/mol. The summed E-state index contributed by atoms with van der Waals surface area (Å²) in [5, 5.41) is 2.82. The van der Waals surface area contributed by atoms with E-state index in [2.05, 4.69) is 5.32 Å². The van der Waals surface area contributed by atoms with E-state index in [1.54, 1.807) is 39.0 Å². The summed E-state index contributed by atoms with van der Waals surface area (Å²) in [5.41, 5.74) is 0.0843. The topological polar surface area (TPSA) is 109 Å². The zero-order chi connectivity index (χ0) is 30.8. The first kappa shape index (κ1) is 30.7. The summed E-state index contributed by atoms with van der Waals surface area (Å²) in [6.45, 7) is 5.04.